The molecule has 0 heterocycles. The van der Waals surface area contributed by atoms with Crippen molar-refractivity contribution in [1.29, 1.82) is 0 Å². The van der Waals surface area contributed by atoms with E-state index < -0.39 is 36.1 Å². The van der Waals surface area contributed by atoms with Gasteiger partial charge >= 0.3 is 12.1 Å². The molecule has 27 heavy (non-hydrogen) atoms. The number of nitrogens with one attached hydrogen (secondary N) is 2. The SMILES string of the molecule is COC(=O)c1ccccc1NC(=O)CNC(=O)c1ccc(C(F)(F)F)cc1. The van der Waals surface area contributed by atoms with E-state index in [2.05, 4.69) is 15.4 Å². The van der Waals surface area contributed by atoms with Crippen LogP contribution in [0, 0.1) is 0 Å². The number of methoxy groups -OCH3 is 1. The maximum atomic E-state index is 12.5. The normalized spacial score (nSPS) is 10.8. The lowest BCUT2D eigenvalue weighted by Crippen LogP contribution is -2.33. The van der Waals surface area contributed by atoms with Crippen molar-refractivity contribution in [2.45, 2.75) is 6.18 Å². The Morgan fingerprint density at radius 1 is 1.00 bits per heavy atom. The zero-order chi connectivity index (χ0) is 20.0. The van der Waals surface area contributed by atoms with Crippen molar-refractivity contribution in [3.8, 4) is 0 Å². The van der Waals surface area contributed by atoms with E-state index in [1.165, 1.54) is 19.2 Å². The fourth-order valence-electron chi connectivity index (χ4n) is 2.15. The Labute approximate surface area is 152 Å². The summed E-state index contributed by atoms with van der Waals surface area (Å²) in [5.74, 6) is -1.97. The molecule has 0 unspecified atom stereocenters. The van der Waals surface area contributed by atoms with Crippen molar-refractivity contribution < 1.29 is 32.3 Å². The Morgan fingerprint density at radius 2 is 1.63 bits per heavy atom. The molecule has 0 radical (unpaired) electrons. The molecule has 2 rings (SSSR count). The molecule has 0 bridgehead atoms. The quantitative estimate of drug-likeness (QED) is 0.782. The van der Waals surface area contributed by atoms with Crippen LogP contribution < -0.4 is 10.6 Å². The van der Waals surface area contributed by atoms with Gasteiger partial charge in [-0.1, -0.05) is 12.1 Å². The highest BCUT2D eigenvalue weighted by Gasteiger charge is 2.30. The van der Waals surface area contributed by atoms with E-state index in [1.54, 1.807) is 12.1 Å². The average molecular weight is 380 g/mol. The lowest BCUT2D eigenvalue weighted by molar-refractivity contribution is -0.137. The number of halogens is 3. The summed E-state index contributed by atoms with van der Waals surface area (Å²) in [7, 11) is 1.20. The number of carbonyl (C=O) groups is 3. The van der Waals surface area contributed by atoms with E-state index in [1.807, 2.05) is 0 Å². The van der Waals surface area contributed by atoms with Gasteiger partial charge in [-0.25, -0.2) is 4.79 Å². The number of para-hydroxylation sites is 1. The molecule has 0 spiro atoms. The molecular formula is C18H15F3N2O4. The summed E-state index contributed by atoms with van der Waals surface area (Å²) in [5, 5.41) is 4.75. The second-order valence-electron chi connectivity index (χ2n) is 5.34. The largest absolute Gasteiger partial charge is 0.465 e. The van der Waals surface area contributed by atoms with Gasteiger partial charge in [-0.15, -0.1) is 0 Å². The summed E-state index contributed by atoms with van der Waals surface area (Å²) in [5.41, 5.74) is -0.553. The van der Waals surface area contributed by atoms with E-state index in [0.717, 1.165) is 24.3 Å². The molecule has 0 aliphatic carbocycles. The van der Waals surface area contributed by atoms with Gasteiger partial charge in [0.15, 0.2) is 0 Å². The van der Waals surface area contributed by atoms with Crippen LogP contribution in [-0.4, -0.2) is 31.4 Å². The summed E-state index contributed by atoms with van der Waals surface area (Å²) < 4.78 is 42.1. The molecule has 0 saturated carbocycles. The Kier molecular flexibility index (Phi) is 6.17. The van der Waals surface area contributed by atoms with Gasteiger partial charge < -0.3 is 15.4 Å². The summed E-state index contributed by atoms with van der Waals surface area (Å²) in [6.45, 7) is -0.435. The topological polar surface area (TPSA) is 84.5 Å². The molecule has 0 fully saturated rings. The number of anilines is 1. The van der Waals surface area contributed by atoms with Crippen molar-refractivity contribution in [3.05, 3.63) is 65.2 Å². The Hall–Kier alpha value is -3.36. The van der Waals surface area contributed by atoms with Gasteiger partial charge in [0.25, 0.3) is 5.91 Å². The smallest absolute Gasteiger partial charge is 0.416 e. The number of benzene rings is 2. The summed E-state index contributed by atoms with van der Waals surface area (Å²) in [6, 6.07) is 9.73. The van der Waals surface area contributed by atoms with Crippen LogP contribution in [0.4, 0.5) is 18.9 Å². The lowest BCUT2D eigenvalue weighted by atomic mass is 10.1. The summed E-state index contributed by atoms with van der Waals surface area (Å²) in [6.07, 6.45) is -4.50. The van der Waals surface area contributed by atoms with Crippen LogP contribution in [0.5, 0.6) is 0 Å². The number of ether oxygens (including phenoxy) is 1. The van der Waals surface area contributed by atoms with Crippen LogP contribution in [0.1, 0.15) is 26.3 Å². The van der Waals surface area contributed by atoms with Crippen LogP contribution in [-0.2, 0) is 15.7 Å². The van der Waals surface area contributed by atoms with Gasteiger partial charge in [0.05, 0.1) is 30.5 Å². The molecule has 0 saturated heterocycles. The molecule has 0 aliphatic rings. The van der Waals surface area contributed by atoms with Crippen molar-refractivity contribution in [3.63, 3.8) is 0 Å². The molecule has 0 aromatic heterocycles. The first-order chi connectivity index (χ1) is 12.7. The molecule has 9 heteroatoms. The number of hydrogen-bond donors (Lipinski definition) is 2. The Balaban J connectivity index is 1.96. The maximum Gasteiger partial charge on any atom is 0.416 e. The molecule has 142 valence electrons. The molecule has 6 nitrogen and oxygen atoms in total. The Bertz CT molecular complexity index is 848. The molecule has 0 atom stereocenters. The van der Waals surface area contributed by atoms with Crippen LogP contribution in [0.15, 0.2) is 48.5 Å². The van der Waals surface area contributed by atoms with E-state index >= 15 is 0 Å². The van der Waals surface area contributed by atoms with E-state index in [-0.39, 0.29) is 16.8 Å². The van der Waals surface area contributed by atoms with Crippen molar-refractivity contribution in [2.24, 2.45) is 0 Å². The molecule has 2 aromatic rings. The standard InChI is InChI=1S/C18H15F3N2O4/c1-27-17(26)13-4-2-3-5-14(13)23-15(24)10-22-16(25)11-6-8-12(9-7-11)18(19,20)21/h2-9H,10H2,1H3,(H,22,25)(H,23,24). The summed E-state index contributed by atoms with van der Waals surface area (Å²) in [4.78, 5) is 35.5. The van der Waals surface area contributed by atoms with Crippen molar-refractivity contribution in [2.75, 3.05) is 19.0 Å². The van der Waals surface area contributed by atoms with Gasteiger partial charge in [0, 0.05) is 5.56 Å². The third kappa shape index (κ3) is 5.30. The van der Waals surface area contributed by atoms with Gasteiger partial charge in [-0.3, -0.25) is 9.59 Å². The van der Waals surface area contributed by atoms with Gasteiger partial charge in [-0.2, -0.15) is 13.2 Å². The minimum atomic E-state index is -4.50. The highest BCUT2D eigenvalue weighted by molar-refractivity contribution is 6.03. The highest BCUT2D eigenvalue weighted by Crippen LogP contribution is 2.29. The first-order valence-corrected chi connectivity index (χ1v) is 7.65. The fourth-order valence-corrected chi connectivity index (χ4v) is 2.15. The second kappa shape index (κ2) is 8.35. The van der Waals surface area contributed by atoms with Gasteiger partial charge in [0.2, 0.25) is 5.91 Å². The van der Waals surface area contributed by atoms with Gasteiger partial charge in [-0.05, 0) is 36.4 Å². The third-order valence-electron chi connectivity index (χ3n) is 3.49. The average Bonchev–Trinajstić information content (AvgIpc) is 2.65. The predicted molar refractivity (Wildman–Crippen MR) is 90.2 cm³/mol. The number of amides is 2. The lowest BCUT2D eigenvalue weighted by Gasteiger charge is -2.11. The van der Waals surface area contributed by atoms with E-state index in [9.17, 15) is 27.6 Å². The second-order valence-corrected chi connectivity index (χ2v) is 5.34. The number of carbonyl (C=O) groups excluding carboxylic acids is 3. The molecule has 0 aliphatic heterocycles. The predicted octanol–water partition coefficient (Wildman–Crippen LogP) is 2.86. The van der Waals surface area contributed by atoms with Crippen LogP contribution >= 0.6 is 0 Å². The minimum Gasteiger partial charge on any atom is -0.465 e. The Morgan fingerprint density at radius 3 is 2.22 bits per heavy atom. The van der Waals surface area contributed by atoms with Crippen molar-refractivity contribution >= 4 is 23.5 Å². The number of alkyl halides is 3. The van der Waals surface area contributed by atoms with Crippen LogP contribution in [0.2, 0.25) is 0 Å². The van der Waals surface area contributed by atoms with E-state index in [4.69, 9.17) is 0 Å². The minimum absolute atomic E-state index is 0.0224. The van der Waals surface area contributed by atoms with Gasteiger partial charge in [0.1, 0.15) is 0 Å². The first kappa shape index (κ1) is 20.0. The van der Waals surface area contributed by atoms with Crippen LogP contribution in [0.25, 0.3) is 0 Å². The highest BCUT2D eigenvalue weighted by atomic mass is 19.4. The molecule has 2 N–H and O–H groups in total. The first-order valence-electron chi connectivity index (χ1n) is 7.65. The zero-order valence-corrected chi connectivity index (χ0v) is 14.1. The molecular weight excluding hydrogens is 365 g/mol. The molecule has 2 amide bonds. The maximum absolute atomic E-state index is 12.5. The monoisotopic (exact) mass is 380 g/mol. The summed E-state index contributed by atoms with van der Waals surface area (Å²) >= 11 is 0. The number of esters is 1. The number of hydrogen-bond acceptors (Lipinski definition) is 4. The third-order valence-corrected chi connectivity index (χ3v) is 3.49. The fraction of sp³-hybridized carbons (Fsp3) is 0.167. The zero-order valence-electron chi connectivity index (χ0n) is 14.1. The van der Waals surface area contributed by atoms with E-state index in [0.29, 0.717) is 0 Å². The van der Waals surface area contributed by atoms with Crippen LogP contribution in [0.3, 0.4) is 0 Å². The molecule has 2 aromatic carbocycles. The number of rotatable bonds is 5. The van der Waals surface area contributed by atoms with Crippen molar-refractivity contribution in [1.82, 2.24) is 5.32 Å².